The van der Waals surface area contributed by atoms with Crippen LogP contribution in [0.25, 0.3) is 16.9 Å². The van der Waals surface area contributed by atoms with Crippen LogP contribution in [-0.4, -0.2) is 4.70 Å². The minimum atomic E-state index is 0.934. The Bertz CT molecular complexity index is 2120. The van der Waals surface area contributed by atoms with Crippen molar-refractivity contribution in [3.63, 3.8) is 0 Å². The predicted octanol–water partition coefficient (Wildman–Crippen LogP) is 28.9. The number of benzene rings is 2. The number of aryl methyl sites for hydroxylation is 4. The van der Waals surface area contributed by atoms with E-state index in [1.807, 2.05) is 0 Å². The number of allylic oxidation sites excluding steroid dienone is 2. The van der Waals surface area contributed by atoms with Crippen molar-refractivity contribution in [2.75, 3.05) is 0 Å². The van der Waals surface area contributed by atoms with Crippen molar-refractivity contribution in [2.24, 2.45) is 0 Å². The average Bonchev–Trinajstić information content (AvgIpc) is 1.74. The summed E-state index contributed by atoms with van der Waals surface area (Å²) in [4.78, 5) is 6.41. The molecule has 0 atom stereocenters. The number of unbranched alkanes of at least 4 members (excludes halogenated alkanes) is 44. The molecule has 1 aliphatic rings. The summed E-state index contributed by atoms with van der Waals surface area (Å²) < 4.78 is 1.64. The first-order valence-corrected chi connectivity index (χ1v) is 40.2. The summed E-state index contributed by atoms with van der Waals surface area (Å²) in [5, 5.41) is 0. The molecule has 88 heavy (non-hydrogen) atoms. The van der Waals surface area contributed by atoms with E-state index in [2.05, 4.69) is 113 Å². The molecule has 504 valence electrons. The molecule has 0 aliphatic carbocycles. The van der Waals surface area contributed by atoms with E-state index in [1.54, 1.807) is 4.70 Å². The van der Waals surface area contributed by atoms with Crippen molar-refractivity contribution in [1.82, 2.24) is 0 Å². The van der Waals surface area contributed by atoms with Gasteiger partial charge in [0.05, 0.1) is 0 Å². The Balaban J connectivity index is 0.000000618. The van der Waals surface area contributed by atoms with E-state index in [-0.39, 0.29) is 0 Å². The fraction of sp³-hybridized carbons (Fsp3) is 0.765. The van der Waals surface area contributed by atoms with Gasteiger partial charge in [-0.1, -0.05) is 234 Å². The first-order chi connectivity index (χ1) is 43.4. The first-order valence-electron chi connectivity index (χ1n) is 39.2. The molecule has 1 aliphatic heterocycles. The molecule has 2 nitrogen and oxygen atoms in total. The minimum Gasteiger partial charge on any atom is -0.493 e. The Morgan fingerprint density at radius 1 is 0.273 bits per heavy atom. The van der Waals surface area contributed by atoms with E-state index < -0.39 is 0 Å². The van der Waals surface area contributed by atoms with E-state index in [9.17, 15) is 5.53 Å². The molecule has 2 aromatic carbocycles. The molecule has 0 saturated heterocycles. The van der Waals surface area contributed by atoms with E-state index in [0.717, 1.165) is 62.8 Å². The second kappa shape index (κ2) is 60.4. The average molecular weight is 1250 g/mol. The van der Waals surface area contributed by atoms with Gasteiger partial charge in [0.15, 0.2) is 0 Å². The van der Waals surface area contributed by atoms with Gasteiger partial charge in [0.2, 0.25) is 11.4 Å². The predicted molar refractivity (Wildman–Crippen MR) is 391 cm³/mol. The minimum absolute atomic E-state index is 0.934. The molecule has 3 heteroatoms. The summed E-state index contributed by atoms with van der Waals surface area (Å²) in [6.45, 7) is 18.4. The zero-order valence-corrected chi connectivity index (χ0v) is 61.0. The molecule has 0 aromatic heterocycles. The molecule has 0 amide bonds. The third kappa shape index (κ3) is 41.6. The molecule has 0 fully saturated rings. The normalized spacial score (nSPS) is 12.2. The molecule has 0 unspecified atom stereocenters. The van der Waals surface area contributed by atoms with Crippen LogP contribution >= 0.6 is 0 Å². The molecule has 0 spiro atoms. The van der Waals surface area contributed by atoms with Crippen LogP contribution in [0.1, 0.15) is 429 Å². The molecule has 2 aromatic rings. The van der Waals surface area contributed by atoms with Gasteiger partial charge < -0.3 is 5.53 Å². The van der Waals surface area contributed by atoms with Crippen molar-refractivity contribution >= 4 is 11.4 Å². The number of rotatable bonds is 57. The number of hydrogen-bond donors (Lipinski definition) is 0. The summed E-state index contributed by atoms with van der Waals surface area (Å²) in [6.07, 6.45) is 75.5. The summed E-state index contributed by atoms with van der Waals surface area (Å²) >= 11 is 1.32. The summed E-state index contributed by atoms with van der Waals surface area (Å²) in [5.41, 5.74) is 25.4. The van der Waals surface area contributed by atoms with Gasteiger partial charge in [-0.25, -0.2) is 4.70 Å². The molecule has 0 saturated carbocycles. The van der Waals surface area contributed by atoms with Crippen LogP contribution in [0.5, 0.6) is 0 Å². The summed E-state index contributed by atoms with van der Waals surface area (Å²) in [5.74, 6) is 6.62. The molecule has 0 N–H and O–H groups in total. The smallest absolute Gasteiger partial charge is 0.493 e. The quantitative estimate of drug-likeness (QED) is 0.0273. The topological polar surface area (TPSA) is 25.3 Å². The van der Waals surface area contributed by atoms with Crippen LogP contribution in [0.3, 0.4) is 0 Å². The van der Waals surface area contributed by atoms with Gasteiger partial charge in [-0.2, -0.15) is 0 Å². The number of hydrogen-bond acceptors (Lipinski definition) is 0. The standard InChI is InChI=1S/C47H74N2.2C19H35.Ni/c1-7-13-18-20-22-25-29-40-32-38(27-16-10-4)34-42(36-40)46-44(12-6)45(31-24-15-9-3)47(49(46)48)43-35-39(28-17-11-5)33-41(37-43)30-26-23-21-19-14-8-2;2*1-3-5-7-9-11-13-15-17-19-18-16-14-12-10-8-6-4-2;/h32-37H,7-31H2,1-6H3;2*3,5-19H2,1H3;. The van der Waals surface area contributed by atoms with Crippen LogP contribution in [0.4, 0.5) is 0 Å². The van der Waals surface area contributed by atoms with Gasteiger partial charge in [0, 0.05) is 22.3 Å². The van der Waals surface area contributed by atoms with Gasteiger partial charge in [-0.05, 0) is 117 Å². The Labute approximate surface area is 556 Å². The molecule has 0 bridgehead atoms. The molecular formula is C85H144N2Ni. The third-order valence-corrected chi connectivity index (χ3v) is 19.3. The Hall–Kier alpha value is -2.87. The molecular weight excluding hydrogens is 1110 g/mol. The van der Waals surface area contributed by atoms with Crippen molar-refractivity contribution in [2.45, 2.75) is 421 Å². The van der Waals surface area contributed by atoms with Crippen LogP contribution in [-0.2, 0) is 40.1 Å². The van der Waals surface area contributed by atoms with E-state index >= 15 is 0 Å². The zero-order chi connectivity index (χ0) is 63.4. The van der Waals surface area contributed by atoms with Crippen molar-refractivity contribution < 1.29 is 19.1 Å². The van der Waals surface area contributed by atoms with Crippen molar-refractivity contribution in [3.05, 3.63) is 86.5 Å². The third-order valence-electron chi connectivity index (χ3n) is 18.7. The molecule has 0 radical (unpaired) electrons. The molecule has 1 heterocycles. The summed E-state index contributed by atoms with van der Waals surface area (Å²) in [6, 6.07) is 14.6. The Kier molecular flexibility index (Phi) is 55.7. The van der Waals surface area contributed by atoms with Gasteiger partial charge in [-0.3, -0.25) is 0 Å². The Morgan fingerprint density at radius 2 is 0.511 bits per heavy atom. The Morgan fingerprint density at radius 3 is 0.807 bits per heavy atom. The van der Waals surface area contributed by atoms with Crippen molar-refractivity contribution in [3.8, 4) is 21.6 Å². The number of nitrogens with zero attached hydrogens (tertiary/aromatic N) is 2. The second-order valence-electron chi connectivity index (χ2n) is 27.1. The van der Waals surface area contributed by atoms with Gasteiger partial charge in [-0.15, -0.1) is 0 Å². The van der Waals surface area contributed by atoms with Gasteiger partial charge >= 0.3 is 164 Å². The van der Waals surface area contributed by atoms with E-state index in [1.165, 1.54) is 374 Å². The van der Waals surface area contributed by atoms with Crippen LogP contribution < -0.4 is 0 Å². The van der Waals surface area contributed by atoms with E-state index in [0.29, 0.717) is 0 Å². The SMILES string of the molecule is CCCCCCCCCCCCCCCCCC#[C][Ni][C]#CCCCCCCCCCCCCCCCCC.CCCCCCCCc1cc(CCCC)cc(C2=C(CC)C(CCCCC)=C(c3cc(CCCC)cc(CCCCCCCC)c3)[N+]2=[N-])c1. The maximum absolute atomic E-state index is 12.4. The van der Waals surface area contributed by atoms with Crippen molar-refractivity contribution in [1.29, 1.82) is 0 Å². The monoisotopic (exact) mass is 1250 g/mol. The van der Waals surface area contributed by atoms with Gasteiger partial charge in [0.25, 0.3) is 0 Å². The fourth-order valence-corrected chi connectivity index (χ4v) is 13.6. The van der Waals surface area contributed by atoms with Crippen LogP contribution in [0, 0.1) is 21.6 Å². The first kappa shape index (κ1) is 81.2. The maximum atomic E-state index is 12.4. The van der Waals surface area contributed by atoms with Gasteiger partial charge in [0.1, 0.15) is 0 Å². The second-order valence-corrected chi connectivity index (χ2v) is 27.8. The molecule has 3 rings (SSSR count). The summed E-state index contributed by atoms with van der Waals surface area (Å²) in [7, 11) is 0. The fourth-order valence-electron chi connectivity index (χ4n) is 13.1. The zero-order valence-electron chi connectivity index (χ0n) is 60.0. The van der Waals surface area contributed by atoms with E-state index in [4.69, 9.17) is 0 Å². The van der Waals surface area contributed by atoms with Crippen LogP contribution in [0.2, 0.25) is 0 Å². The van der Waals surface area contributed by atoms with Crippen LogP contribution in [0.15, 0.2) is 47.5 Å².